The van der Waals surface area contributed by atoms with Gasteiger partial charge in [0.15, 0.2) is 0 Å². The summed E-state index contributed by atoms with van der Waals surface area (Å²) < 4.78 is 25.2. The molecule has 1 rings (SSSR count). The summed E-state index contributed by atoms with van der Waals surface area (Å²) in [6.07, 6.45) is 2.63. The molecule has 94 valence electrons. The van der Waals surface area contributed by atoms with Crippen molar-refractivity contribution in [3.05, 3.63) is 0 Å². The molecule has 0 unspecified atom stereocenters. The normalized spacial score (nSPS) is 16.6. The van der Waals surface area contributed by atoms with Crippen molar-refractivity contribution in [3.8, 4) is 0 Å². The van der Waals surface area contributed by atoms with Crippen LogP contribution in [-0.2, 0) is 14.8 Å². The summed E-state index contributed by atoms with van der Waals surface area (Å²) in [6, 6.07) is 0. The first-order chi connectivity index (χ1) is 7.45. The van der Waals surface area contributed by atoms with E-state index >= 15 is 0 Å². The van der Waals surface area contributed by atoms with Gasteiger partial charge in [0.2, 0.25) is 10.0 Å². The van der Waals surface area contributed by atoms with Crippen LogP contribution >= 0.6 is 0 Å². The number of nitrogens with zero attached hydrogens (tertiary/aromatic N) is 1. The van der Waals surface area contributed by atoms with E-state index in [1.54, 1.807) is 0 Å². The lowest BCUT2D eigenvalue weighted by Gasteiger charge is -2.20. The number of carboxylic acids is 1. The maximum Gasteiger partial charge on any atom is 0.304 e. The van der Waals surface area contributed by atoms with Crippen molar-refractivity contribution in [2.45, 2.75) is 32.6 Å². The van der Waals surface area contributed by atoms with Crippen LogP contribution < -0.4 is 0 Å². The zero-order valence-corrected chi connectivity index (χ0v) is 10.4. The molecule has 0 bridgehead atoms. The first kappa shape index (κ1) is 13.4. The number of sulfonamides is 1. The lowest BCUT2D eigenvalue weighted by molar-refractivity contribution is -0.136. The minimum Gasteiger partial charge on any atom is -0.481 e. The Morgan fingerprint density at radius 1 is 1.44 bits per heavy atom. The van der Waals surface area contributed by atoms with Gasteiger partial charge in [0.1, 0.15) is 0 Å². The minimum absolute atomic E-state index is 0.283. The van der Waals surface area contributed by atoms with Gasteiger partial charge in [0.25, 0.3) is 0 Å². The molecule has 1 aliphatic rings. The molecular weight excluding hydrogens is 230 g/mol. The number of carboxylic acid groups (broad SMARTS) is 1. The number of hydrogen-bond donors (Lipinski definition) is 1. The maximum absolute atomic E-state index is 11.9. The number of rotatable bonds is 8. The van der Waals surface area contributed by atoms with Gasteiger partial charge in [-0.1, -0.05) is 6.92 Å². The van der Waals surface area contributed by atoms with Gasteiger partial charge in [0, 0.05) is 13.1 Å². The molecule has 6 heteroatoms. The monoisotopic (exact) mass is 249 g/mol. The van der Waals surface area contributed by atoms with E-state index in [1.807, 2.05) is 6.92 Å². The van der Waals surface area contributed by atoms with Crippen molar-refractivity contribution in [2.75, 3.05) is 18.8 Å². The highest BCUT2D eigenvalue weighted by Gasteiger charge is 2.30. The zero-order valence-electron chi connectivity index (χ0n) is 9.55. The molecule has 0 aliphatic heterocycles. The van der Waals surface area contributed by atoms with Crippen molar-refractivity contribution in [1.82, 2.24) is 4.31 Å². The molecule has 1 N–H and O–H groups in total. The molecule has 1 aliphatic carbocycles. The lowest BCUT2D eigenvalue weighted by Crippen LogP contribution is -2.36. The highest BCUT2D eigenvalue weighted by Crippen LogP contribution is 2.30. The fourth-order valence-electron chi connectivity index (χ4n) is 1.53. The number of carbonyl (C=O) groups is 1. The number of hydrogen-bond acceptors (Lipinski definition) is 3. The highest BCUT2D eigenvalue weighted by atomic mass is 32.2. The minimum atomic E-state index is -3.38. The van der Waals surface area contributed by atoms with Crippen LogP contribution in [0.5, 0.6) is 0 Å². The van der Waals surface area contributed by atoms with Crippen LogP contribution in [-0.4, -0.2) is 42.6 Å². The molecule has 0 aromatic rings. The molecule has 1 saturated carbocycles. The molecule has 0 aromatic carbocycles. The van der Waals surface area contributed by atoms with E-state index in [2.05, 4.69) is 0 Å². The Kier molecular flexibility index (Phi) is 4.73. The van der Waals surface area contributed by atoms with Gasteiger partial charge in [0.05, 0.1) is 12.2 Å². The third-order valence-electron chi connectivity index (χ3n) is 2.60. The Morgan fingerprint density at radius 2 is 2.06 bits per heavy atom. The second kappa shape index (κ2) is 5.63. The number of aliphatic carboxylic acids is 1. The Hall–Kier alpha value is -0.620. The van der Waals surface area contributed by atoms with E-state index < -0.39 is 16.0 Å². The van der Waals surface area contributed by atoms with Crippen molar-refractivity contribution < 1.29 is 18.3 Å². The van der Waals surface area contributed by atoms with Crippen molar-refractivity contribution in [3.63, 3.8) is 0 Å². The van der Waals surface area contributed by atoms with Crippen molar-refractivity contribution >= 4 is 16.0 Å². The molecule has 0 aromatic heterocycles. The molecule has 0 amide bonds. The SMILES string of the molecule is CCCN(CC1CC1)S(=O)(=O)CCC(=O)O. The van der Waals surface area contributed by atoms with E-state index in [0.717, 1.165) is 19.3 Å². The van der Waals surface area contributed by atoms with Crippen LogP contribution in [0.2, 0.25) is 0 Å². The average molecular weight is 249 g/mol. The molecule has 5 nitrogen and oxygen atoms in total. The smallest absolute Gasteiger partial charge is 0.304 e. The molecule has 16 heavy (non-hydrogen) atoms. The van der Waals surface area contributed by atoms with Crippen molar-refractivity contribution in [2.24, 2.45) is 5.92 Å². The third-order valence-corrected chi connectivity index (χ3v) is 4.44. The van der Waals surface area contributed by atoms with Crippen LogP contribution in [0.4, 0.5) is 0 Å². The predicted octanol–water partition coefficient (Wildman–Crippen LogP) is 0.913. The van der Waals surface area contributed by atoms with Gasteiger partial charge >= 0.3 is 5.97 Å². The van der Waals surface area contributed by atoms with E-state index in [4.69, 9.17) is 5.11 Å². The predicted molar refractivity (Wildman–Crippen MR) is 60.6 cm³/mol. The summed E-state index contributed by atoms with van der Waals surface area (Å²) in [7, 11) is -3.38. The second-order valence-corrected chi connectivity index (χ2v) is 6.35. The standard InChI is InChI=1S/C10H19NO4S/c1-2-6-11(8-9-3-4-9)16(14,15)7-5-10(12)13/h9H,2-8H2,1H3,(H,12,13). The topological polar surface area (TPSA) is 74.7 Å². The molecule has 0 atom stereocenters. The highest BCUT2D eigenvalue weighted by molar-refractivity contribution is 7.89. The molecule has 0 radical (unpaired) electrons. The van der Waals surface area contributed by atoms with Gasteiger partial charge < -0.3 is 5.11 Å². The summed E-state index contributed by atoms with van der Waals surface area (Å²) >= 11 is 0. The zero-order chi connectivity index (χ0) is 12.2. The maximum atomic E-state index is 11.9. The quantitative estimate of drug-likeness (QED) is 0.694. The summed E-state index contributed by atoms with van der Waals surface area (Å²) in [5.41, 5.74) is 0. The summed E-state index contributed by atoms with van der Waals surface area (Å²) in [5.74, 6) is -0.854. The first-order valence-corrected chi connectivity index (χ1v) is 7.26. The van der Waals surface area contributed by atoms with Gasteiger partial charge in [-0.3, -0.25) is 4.79 Å². The summed E-state index contributed by atoms with van der Waals surface area (Å²) in [5, 5.41) is 8.50. The fraction of sp³-hybridized carbons (Fsp3) is 0.900. The Labute approximate surface area is 96.5 Å². The van der Waals surface area contributed by atoms with Gasteiger partial charge in [-0.05, 0) is 25.2 Å². The first-order valence-electron chi connectivity index (χ1n) is 5.65. The molecule has 1 fully saturated rings. The Balaban J connectivity index is 2.55. The summed E-state index contributed by atoms with van der Waals surface area (Å²) in [4.78, 5) is 10.4. The van der Waals surface area contributed by atoms with Gasteiger partial charge in [-0.2, -0.15) is 0 Å². The Morgan fingerprint density at radius 3 is 2.50 bits per heavy atom. The van der Waals surface area contributed by atoms with Crippen molar-refractivity contribution in [1.29, 1.82) is 0 Å². The Bertz CT molecular complexity index is 335. The van der Waals surface area contributed by atoms with Gasteiger partial charge in [-0.25, -0.2) is 12.7 Å². The van der Waals surface area contributed by atoms with Crippen LogP contribution in [0.3, 0.4) is 0 Å². The van der Waals surface area contributed by atoms with Crippen LogP contribution in [0.25, 0.3) is 0 Å². The molecule has 0 saturated heterocycles. The average Bonchev–Trinajstić information content (AvgIpc) is 2.98. The molecular formula is C10H19NO4S. The lowest BCUT2D eigenvalue weighted by atomic mass is 10.4. The van der Waals surface area contributed by atoms with Crippen LogP contribution in [0, 0.1) is 5.92 Å². The molecule has 0 heterocycles. The van der Waals surface area contributed by atoms with E-state index in [9.17, 15) is 13.2 Å². The fourth-order valence-corrected chi connectivity index (χ4v) is 3.12. The third kappa shape index (κ3) is 4.49. The van der Waals surface area contributed by atoms with E-state index in [-0.39, 0.29) is 12.2 Å². The second-order valence-electron chi connectivity index (χ2n) is 4.26. The summed E-state index contributed by atoms with van der Waals surface area (Å²) in [6.45, 7) is 2.99. The van der Waals surface area contributed by atoms with Gasteiger partial charge in [-0.15, -0.1) is 0 Å². The molecule has 0 spiro atoms. The van der Waals surface area contributed by atoms with E-state index in [0.29, 0.717) is 19.0 Å². The largest absolute Gasteiger partial charge is 0.481 e. The van der Waals surface area contributed by atoms with Crippen LogP contribution in [0.1, 0.15) is 32.6 Å². The van der Waals surface area contributed by atoms with E-state index in [1.165, 1.54) is 4.31 Å². The van der Waals surface area contributed by atoms with Crippen LogP contribution in [0.15, 0.2) is 0 Å².